The molecule has 1 aliphatic carbocycles. The lowest BCUT2D eigenvalue weighted by molar-refractivity contribution is -0.136. The lowest BCUT2D eigenvalue weighted by atomic mass is 9.72. The molecular formula is C26H23N5O5. The molecule has 182 valence electrons. The summed E-state index contributed by atoms with van der Waals surface area (Å²) in [7, 11) is 1.64. The van der Waals surface area contributed by atoms with E-state index >= 15 is 0 Å². The van der Waals surface area contributed by atoms with Crippen molar-refractivity contribution in [3.8, 4) is 17.0 Å². The molecule has 1 N–H and O–H groups in total. The Balaban J connectivity index is 1.31. The predicted octanol–water partition coefficient (Wildman–Crippen LogP) is 2.28. The summed E-state index contributed by atoms with van der Waals surface area (Å²) in [6.07, 6.45) is 4.95. The second-order valence-corrected chi connectivity index (χ2v) is 9.37. The average molecular weight is 486 g/mol. The maximum absolute atomic E-state index is 13.2. The van der Waals surface area contributed by atoms with Crippen LogP contribution in [0.2, 0.25) is 0 Å². The van der Waals surface area contributed by atoms with Gasteiger partial charge in [-0.25, -0.2) is 4.68 Å². The molecule has 1 saturated carbocycles. The normalized spacial score (nSPS) is 20.7. The first-order valence-corrected chi connectivity index (χ1v) is 11.8. The van der Waals surface area contributed by atoms with E-state index in [1.165, 1.54) is 0 Å². The van der Waals surface area contributed by atoms with Crippen LogP contribution in [0, 0.1) is 0 Å². The summed E-state index contributed by atoms with van der Waals surface area (Å²) in [5.74, 6) is -1.35. The van der Waals surface area contributed by atoms with Gasteiger partial charge in [-0.05, 0) is 55.5 Å². The number of imide groups is 2. The molecule has 2 aliphatic heterocycles. The number of hydrogen-bond acceptors (Lipinski definition) is 7. The van der Waals surface area contributed by atoms with E-state index in [0.29, 0.717) is 11.3 Å². The number of nitrogens with zero attached hydrogens (tertiary/aromatic N) is 4. The lowest BCUT2D eigenvalue weighted by Gasteiger charge is -2.42. The molecule has 10 nitrogen and oxygen atoms in total. The Morgan fingerprint density at radius 2 is 1.83 bits per heavy atom. The van der Waals surface area contributed by atoms with Crippen molar-refractivity contribution >= 4 is 23.6 Å². The number of carbonyl (C=O) groups is 4. The number of amides is 4. The van der Waals surface area contributed by atoms with Gasteiger partial charge in [0, 0.05) is 12.0 Å². The van der Waals surface area contributed by atoms with E-state index in [1.54, 1.807) is 25.3 Å². The summed E-state index contributed by atoms with van der Waals surface area (Å²) < 4.78 is 7.28. The maximum Gasteiger partial charge on any atom is 0.262 e. The van der Waals surface area contributed by atoms with Crippen molar-refractivity contribution in [1.82, 2.24) is 25.2 Å². The molecule has 1 atom stereocenters. The van der Waals surface area contributed by atoms with Crippen LogP contribution in [-0.2, 0) is 15.1 Å². The van der Waals surface area contributed by atoms with Crippen LogP contribution in [0.25, 0.3) is 11.3 Å². The molecule has 4 amide bonds. The number of nitrogens with one attached hydrogen (secondary N) is 1. The van der Waals surface area contributed by atoms with E-state index in [2.05, 4.69) is 21.7 Å². The van der Waals surface area contributed by atoms with Crippen molar-refractivity contribution in [1.29, 1.82) is 0 Å². The Kier molecular flexibility index (Phi) is 4.99. The number of fused-ring (bicyclic) bond motifs is 1. The van der Waals surface area contributed by atoms with Gasteiger partial charge in [0.05, 0.1) is 30.0 Å². The molecule has 36 heavy (non-hydrogen) atoms. The second-order valence-electron chi connectivity index (χ2n) is 9.37. The SMILES string of the molecule is COc1cccc(C2(n3cc(-c4ccc5c(c4)C(=O)N(C4CCC(=O)NC4=O)C5=O)nn3)CCC2)c1. The zero-order valence-electron chi connectivity index (χ0n) is 19.6. The average Bonchev–Trinajstić information content (AvgIpc) is 3.43. The zero-order valence-corrected chi connectivity index (χ0v) is 19.6. The molecule has 1 unspecified atom stereocenters. The van der Waals surface area contributed by atoms with Gasteiger partial charge >= 0.3 is 0 Å². The van der Waals surface area contributed by atoms with Gasteiger partial charge in [-0.1, -0.05) is 23.4 Å². The van der Waals surface area contributed by atoms with Crippen LogP contribution in [-0.4, -0.2) is 56.7 Å². The number of benzene rings is 2. The quantitative estimate of drug-likeness (QED) is 0.550. The van der Waals surface area contributed by atoms with E-state index in [1.807, 2.05) is 29.1 Å². The molecule has 0 radical (unpaired) electrons. The fourth-order valence-corrected chi connectivity index (χ4v) is 5.31. The summed E-state index contributed by atoms with van der Waals surface area (Å²) in [4.78, 5) is 50.9. The predicted molar refractivity (Wildman–Crippen MR) is 126 cm³/mol. The van der Waals surface area contributed by atoms with E-state index in [4.69, 9.17) is 4.74 Å². The van der Waals surface area contributed by atoms with Crippen LogP contribution >= 0.6 is 0 Å². The smallest absolute Gasteiger partial charge is 0.262 e. The topological polar surface area (TPSA) is 123 Å². The first kappa shape index (κ1) is 22.1. The first-order chi connectivity index (χ1) is 17.4. The molecule has 3 heterocycles. The van der Waals surface area contributed by atoms with Gasteiger partial charge in [-0.2, -0.15) is 0 Å². The van der Waals surface area contributed by atoms with Crippen LogP contribution in [0.3, 0.4) is 0 Å². The van der Waals surface area contributed by atoms with Gasteiger partial charge in [0.1, 0.15) is 17.5 Å². The van der Waals surface area contributed by atoms with Crippen LogP contribution in [0.4, 0.5) is 0 Å². The van der Waals surface area contributed by atoms with Crippen LogP contribution < -0.4 is 10.1 Å². The summed E-state index contributed by atoms with van der Waals surface area (Å²) >= 11 is 0. The molecule has 0 bridgehead atoms. The van der Waals surface area contributed by atoms with Crippen molar-refractivity contribution in [2.75, 3.05) is 7.11 Å². The lowest BCUT2D eigenvalue weighted by Crippen LogP contribution is -2.54. The Morgan fingerprint density at radius 1 is 1.03 bits per heavy atom. The molecule has 3 aliphatic rings. The van der Waals surface area contributed by atoms with Crippen molar-refractivity contribution in [3.05, 3.63) is 65.4 Å². The van der Waals surface area contributed by atoms with E-state index in [9.17, 15) is 19.2 Å². The van der Waals surface area contributed by atoms with Crippen LogP contribution in [0.15, 0.2) is 48.7 Å². The molecule has 0 spiro atoms. The molecule has 2 fully saturated rings. The number of hydrogen-bond donors (Lipinski definition) is 1. The molecule has 1 aromatic heterocycles. The van der Waals surface area contributed by atoms with Crippen molar-refractivity contribution in [2.24, 2.45) is 0 Å². The van der Waals surface area contributed by atoms with Gasteiger partial charge in [0.2, 0.25) is 11.8 Å². The Labute approximate surface area is 206 Å². The summed E-state index contributed by atoms with van der Waals surface area (Å²) in [6.45, 7) is 0. The minimum Gasteiger partial charge on any atom is -0.497 e. The monoisotopic (exact) mass is 485 g/mol. The van der Waals surface area contributed by atoms with Gasteiger partial charge in [0.25, 0.3) is 11.8 Å². The van der Waals surface area contributed by atoms with E-state index in [-0.39, 0.29) is 29.5 Å². The highest BCUT2D eigenvalue weighted by molar-refractivity contribution is 6.23. The largest absolute Gasteiger partial charge is 0.497 e. The Bertz CT molecular complexity index is 1440. The fourth-order valence-electron chi connectivity index (χ4n) is 5.31. The summed E-state index contributed by atoms with van der Waals surface area (Å²) in [6, 6.07) is 11.9. The third-order valence-electron chi connectivity index (χ3n) is 7.46. The molecule has 10 heteroatoms. The number of carbonyl (C=O) groups excluding carboxylic acids is 4. The van der Waals surface area contributed by atoms with Crippen LogP contribution in [0.1, 0.15) is 58.4 Å². The summed E-state index contributed by atoms with van der Waals surface area (Å²) in [5, 5.41) is 11.0. The highest BCUT2D eigenvalue weighted by Crippen LogP contribution is 2.45. The highest BCUT2D eigenvalue weighted by atomic mass is 16.5. The number of aromatic nitrogens is 3. The van der Waals surface area contributed by atoms with Crippen LogP contribution in [0.5, 0.6) is 5.75 Å². The number of rotatable bonds is 5. The molecule has 2 aromatic carbocycles. The second kappa shape index (κ2) is 8.11. The molecule has 6 rings (SSSR count). The van der Waals surface area contributed by atoms with Crippen molar-refractivity contribution < 1.29 is 23.9 Å². The van der Waals surface area contributed by atoms with E-state index < -0.39 is 29.7 Å². The highest BCUT2D eigenvalue weighted by Gasteiger charge is 2.45. The molecular weight excluding hydrogens is 462 g/mol. The van der Waals surface area contributed by atoms with Gasteiger partial charge in [-0.3, -0.25) is 29.4 Å². The Morgan fingerprint density at radius 3 is 2.56 bits per heavy atom. The zero-order chi connectivity index (χ0) is 25.0. The fraction of sp³-hybridized carbons (Fsp3) is 0.308. The van der Waals surface area contributed by atoms with Gasteiger partial charge in [0.15, 0.2) is 0 Å². The third kappa shape index (κ3) is 3.24. The minimum absolute atomic E-state index is 0.0766. The first-order valence-electron chi connectivity index (χ1n) is 11.8. The maximum atomic E-state index is 13.2. The number of methoxy groups -OCH3 is 1. The van der Waals surface area contributed by atoms with E-state index in [0.717, 1.165) is 35.5 Å². The Hall–Kier alpha value is -4.34. The minimum atomic E-state index is -0.999. The number of piperidine rings is 1. The van der Waals surface area contributed by atoms with Gasteiger partial charge in [-0.15, -0.1) is 5.10 Å². The van der Waals surface area contributed by atoms with Crippen molar-refractivity contribution in [3.63, 3.8) is 0 Å². The van der Waals surface area contributed by atoms with Gasteiger partial charge < -0.3 is 4.74 Å². The summed E-state index contributed by atoms with van der Waals surface area (Å²) in [5.41, 5.74) is 2.44. The molecule has 1 saturated heterocycles. The number of ether oxygens (including phenoxy) is 1. The standard InChI is InChI=1S/C26H23N5O5/c1-36-17-5-2-4-16(13-17)26(10-3-11-26)30-14-20(28-29-30)15-6-7-18-19(12-15)25(35)31(24(18)34)21-8-9-22(32)27-23(21)33/h2,4-7,12-14,21H,3,8-11H2,1H3,(H,27,32,33). The van der Waals surface area contributed by atoms with Crippen molar-refractivity contribution in [2.45, 2.75) is 43.7 Å². The third-order valence-corrected chi connectivity index (χ3v) is 7.46. The molecule has 3 aromatic rings.